The van der Waals surface area contributed by atoms with E-state index in [-0.39, 0.29) is 0 Å². The van der Waals surface area contributed by atoms with Crippen LogP contribution in [-0.4, -0.2) is 12.6 Å². The van der Waals surface area contributed by atoms with Gasteiger partial charge in [0.15, 0.2) is 0 Å². The maximum Gasteiger partial charge on any atom is 0.150 e. The minimum absolute atomic E-state index is 0.622. The maximum atomic E-state index is 11.0. The summed E-state index contributed by atoms with van der Waals surface area (Å²) >= 11 is 1.57. The van der Waals surface area contributed by atoms with Gasteiger partial charge >= 0.3 is 0 Å². The van der Waals surface area contributed by atoms with Gasteiger partial charge in [-0.05, 0) is 47.2 Å². The second-order valence-electron chi connectivity index (χ2n) is 8.22. The van der Waals surface area contributed by atoms with Crippen molar-refractivity contribution in [2.75, 3.05) is 0 Å². The Bertz CT molecular complexity index is 1540. The normalized spacial score (nSPS) is 9.95. The van der Waals surface area contributed by atoms with Crippen LogP contribution in [-0.2, 0) is 0 Å². The van der Waals surface area contributed by atoms with Crippen molar-refractivity contribution in [2.45, 2.75) is 0 Å². The predicted molar refractivity (Wildman–Crippen MR) is 151 cm³/mol. The Balaban J connectivity index is 1.70. The zero-order chi connectivity index (χ0) is 25.5. The van der Waals surface area contributed by atoms with Crippen molar-refractivity contribution in [2.24, 2.45) is 0 Å². The van der Waals surface area contributed by atoms with Gasteiger partial charge in [-0.25, -0.2) is 0 Å². The Kier molecular flexibility index (Phi) is 7.19. The highest BCUT2D eigenvalue weighted by Crippen LogP contribution is 2.42. The summed E-state index contributed by atoms with van der Waals surface area (Å²) in [7, 11) is 0. The first-order chi connectivity index (χ1) is 18.2. The van der Waals surface area contributed by atoms with Gasteiger partial charge in [-0.2, -0.15) is 0 Å². The molecule has 0 aliphatic rings. The van der Waals surface area contributed by atoms with E-state index in [4.69, 9.17) is 0 Å². The standard InChI is InChI=1S/C34H20O2S/c35-23-27-15-11-25(12-16-27)19-21-31-33(29-7-3-1-4-8-29)34(30-9-5-2-6-10-30)32(37-31)22-20-26-13-17-28(24-36)18-14-26/h1-18,23-24H. The fraction of sp³-hybridized carbons (Fsp3) is 0. The van der Waals surface area contributed by atoms with Gasteiger partial charge in [0.25, 0.3) is 0 Å². The van der Waals surface area contributed by atoms with Gasteiger partial charge in [-0.1, -0.05) is 96.8 Å². The SMILES string of the molecule is O=Cc1ccc(C#Cc2sc(C#Cc3ccc(C=O)cc3)c(-c3ccccc3)c2-c2ccccc2)cc1. The molecule has 0 aliphatic heterocycles. The third kappa shape index (κ3) is 5.49. The van der Waals surface area contributed by atoms with Crippen molar-refractivity contribution in [1.82, 2.24) is 0 Å². The molecule has 4 aromatic carbocycles. The molecule has 0 fully saturated rings. The lowest BCUT2D eigenvalue weighted by atomic mass is 9.94. The zero-order valence-corrected chi connectivity index (χ0v) is 20.6. The van der Waals surface area contributed by atoms with Crippen LogP contribution in [0.3, 0.4) is 0 Å². The molecule has 3 heteroatoms. The van der Waals surface area contributed by atoms with E-state index >= 15 is 0 Å². The summed E-state index contributed by atoms with van der Waals surface area (Å²) in [5.41, 5.74) is 7.16. The Morgan fingerprint density at radius 2 is 0.838 bits per heavy atom. The lowest BCUT2D eigenvalue weighted by molar-refractivity contribution is 0.111. The molecule has 0 N–H and O–H groups in total. The number of thiophene rings is 1. The van der Waals surface area contributed by atoms with Crippen LogP contribution in [0.5, 0.6) is 0 Å². The molecule has 0 spiro atoms. The van der Waals surface area contributed by atoms with Crippen LogP contribution in [0.25, 0.3) is 22.3 Å². The first kappa shape index (κ1) is 23.8. The van der Waals surface area contributed by atoms with Gasteiger partial charge in [0, 0.05) is 33.4 Å². The Morgan fingerprint density at radius 3 is 1.19 bits per heavy atom. The number of benzene rings is 4. The van der Waals surface area contributed by atoms with E-state index in [9.17, 15) is 9.59 Å². The largest absolute Gasteiger partial charge is 0.298 e. The van der Waals surface area contributed by atoms with Crippen LogP contribution in [0, 0.1) is 23.7 Å². The average Bonchev–Trinajstić information content (AvgIpc) is 3.34. The Labute approximate surface area is 220 Å². The average molecular weight is 493 g/mol. The van der Waals surface area contributed by atoms with Crippen LogP contribution < -0.4 is 0 Å². The molecular formula is C34H20O2S. The molecule has 174 valence electrons. The fourth-order valence-electron chi connectivity index (χ4n) is 3.92. The summed E-state index contributed by atoms with van der Waals surface area (Å²) in [6, 6.07) is 35.0. The minimum Gasteiger partial charge on any atom is -0.298 e. The highest BCUT2D eigenvalue weighted by molar-refractivity contribution is 7.14. The summed E-state index contributed by atoms with van der Waals surface area (Å²) in [5.74, 6) is 13.3. The van der Waals surface area contributed by atoms with E-state index < -0.39 is 0 Å². The van der Waals surface area contributed by atoms with E-state index in [2.05, 4.69) is 47.9 Å². The smallest absolute Gasteiger partial charge is 0.150 e. The minimum atomic E-state index is 0.622. The molecule has 0 saturated carbocycles. The Morgan fingerprint density at radius 1 is 0.459 bits per heavy atom. The summed E-state index contributed by atoms with van der Waals surface area (Å²) < 4.78 is 0. The van der Waals surface area contributed by atoms with Crippen molar-refractivity contribution < 1.29 is 9.59 Å². The molecule has 37 heavy (non-hydrogen) atoms. The topological polar surface area (TPSA) is 34.1 Å². The van der Waals surface area contributed by atoms with Crippen molar-refractivity contribution in [1.29, 1.82) is 0 Å². The van der Waals surface area contributed by atoms with Crippen LogP contribution in [0.1, 0.15) is 41.6 Å². The second-order valence-corrected chi connectivity index (χ2v) is 9.24. The van der Waals surface area contributed by atoms with Crippen LogP contribution in [0.15, 0.2) is 109 Å². The quantitative estimate of drug-likeness (QED) is 0.192. The lowest BCUT2D eigenvalue weighted by Gasteiger charge is -2.07. The Hall–Kier alpha value is -4.96. The van der Waals surface area contributed by atoms with Gasteiger partial charge in [-0.15, -0.1) is 11.3 Å². The number of aldehydes is 2. The zero-order valence-electron chi connectivity index (χ0n) is 19.8. The summed E-state index contributed by atoms with van der Waals surface area (Å²) in [4.78, 5) is 23.9. The third-order valence-electron chi connectivity index (χ3n) is 5.77. The van der Waals surface area contributed by atoms with Crippen molar-refractivity contribution in [3.63, 3.8) is 0 Å². The molecule has 0 atom stereocenters. The molecule has 0 bridgehead atoms. The molecule has 2 nitrogen and oxygen atoms in total. The van der Waals surface area contributed by atoms with E-state index in [1.807, 2.05) is 60.7 Å². The fourth-order valence-corrected chi connectivity index (χ4v) is 4.97. The van der Waals surface area contributed by atoms with Crippen molar-refractivity contribution in [3.8, 4) is 45.9 Å². The van der Waals surface area contributed by atoms with Crippen molar-refractivity contribution >= 4 is 23.9 Å². The molecule has 0 saturated heterocycles. The summed E-state index contributed by atoms with van der Waals surface area (Å²) in [5, 5.41) is 0. The van der Waals surface area contributed by atoms with Gasteiger partial charge in [0.1, 0.15) is 12.6 Å². The third-order valence-corrected chi connectivity index (χ3v) is 6.79. The molecule has 0 radical (unpaired) electrons. The highest BCUT2D eigenvalue weighted by atomic mass is 32.1. The van der Waals surface area contributed by atoms with E-state index in [1.54, 1.807) is 35.6 Å². The van der Waals surface area contributed by atoms with E-state index in [0.717, 1.165) is 55.7 Å². The van der Waals surface area contributed by atoms with Gasteiger partial charge in [0.2, 0.25) is 0 Å². The predicted octanol–water partition coefficient (Wildman–Crippen LogP) is 7.51. The molecule has 5 rings (SSSR count). The lowest BCUT2D eigenvalue weighted by Crippen LogP contribution is -1.85. The first-order valence-electron chi connectivity index (χ1n) is 11.7. The number of carbonyl (C=O) groups excluding carboxylic acids is 2. The monoisotopic (exact) mass is 492 g/mol. The molecular weight excluding hydrogens is 472 g/mol. The van der Waals surface area contributed by atoms with E-state index in [0.29, 0.717) is 11.1 Å². The maximum absolute atomic E-state index is 11.0. The summed E-state index contributed by atoms with van der Waals surface area (Å²) in [6.07, 6.45) is 1.65. The van der Waals surface area contributed by atoms with E-state index in [1.165, 1.54) is 0 Å². The van der Waals surface area contributed by atoms with Gasteiger partial charge in [-0.3, -0.25) is 9.59 Å². The molecule has 5 aromatic rings. The molecule has 1 aromatic heterocycles. The van der Waals surface area contributed by atoms with Crippen LogP contribution >= 0.6 is 11.3 Å². The number of hydrogen-bond acceptors (Lipinski definition) is 3. The molecule has 0 unspecified atom stereocenters. The number of hydrogen-bond donors (Lipinski definition) is 0. The number of rotatable bonds is 4. The van der Waals surface area contributed by atoms with Crippen molar-refractivity contribution in [3.05, 3.63) is 141 Å². The van der Waals surface area contributed by atoms with Crippen LogP contribution in [0.2, 0.25) is 0 Å². The summed E-state index contributed by atoms with van der Waals surface area (Å²) in [6.45, 7) is 0. The second kappa shape index (κ2) is 11.2. The van der Waals surface area contributed by atoms with Gasteiger partial charge in [0.05, 0.1) is 9.75 Å². The molecule has 0 aliphatic carbocycles. The first-order valence-corrected chi connectivity index (χ1v) is 12.5. The highest BCUT2D eigenvalue weighted by Gasteiger charge is 2.19. The number of carbonyl (C=O) groups is 2. The molecule has 1 heterocycles. The van der Waals surface area contributed by atoms with Gasteiger partial charge < -0.3 is 0 Å². The van der Waals surface area contributed by atoms with Crippen LogP contribution in [0.4, 0.5) is 0 Å². The molecule has 0 amide bonds.